The molecule has 1 aromatic rings. The standard InChI is InChI=1S/C16H24F3N3O/c1-3-4-15(11-23)5-7-22(8-6-15)10-13-9-20-14(16(17,18)19)21-12(13)2/h9,23H,3-8,10-11H2,1-2H3. The molecule has 0 aliphatic carbocycles. The zero-order valence-electron chi connectivity index (χ0n) is 13.7. The molecule has 1 aliphatic heterocycles. The fourth-order valence-electron chi connectivity index (χ4n) is 3.23. The van der Waals surface area contributed by atoms with Gasteiger partial charge in [-0.05, 0) is 44.7 Å². The molecular formula is C16H24F3N3O. The Morgan fingerprint density at radius 1 is 1.30 bits per heavy atom. The number of aliphatic hydroxyl groups excluding tert-OH is 1. The molecular weight excluding hydrogens is 307 g/mol. The molecule has 4 nitrogen and oxygen atoms in total. The number of halogens is 3. The average molecular weight is 331 g/mol. The molecule has 0 amide bonds. The van der Waals surface area contributed by atoms with Crippen LogP contribution in [0, 0.1) is 12.3 Å². The third kappa shape index (κ3) is 4.41. The smallest absolute Gasteiger partial charge is 0.396 e. The Bertz CT molecular complexity index is 526. The van der Waals surface area contributed by atoms with Crippen LogP contribution < -0.4 is 0 Å². The number of piperidine rings is 1. The Balaban J connectivity index is 1.99. The Kier molecular flexibility index (Phi) is 5.62. The normalized spacial score (nSPS) is 19.0. The molecule has 1 saturated heterocycles. The predicted octanol–water partition coefficient (Wildman–Crippen LogP) is 3.18. The lowest BCUT2D eigenvalue weighted by molar-refractivity contribution is -0.145. The van der Waals surface area contributed by atoms with Gasteiger partial charge in [-0.1, -0.05) is 13.3 Å². The van der Waals surface area contributed by atoms with Crippen LogP contribution in [0.15, 0.2) is 6.20 Å². The summed E-state index contributed by atoms with van der Waals surface area (Å²) in [5.74, 6) is -1.08. The molecule has 2 heterocycles. The van der Waals surface area contributed by atoms with Crippen LogP contribution in [-0.4, -0.2) is 39.7 Å². The quantitative estimate of drug-likeness (QED) is 0.900. The third-order valence-corrected chi connectivity index (χ3v) is 4.76. The number of aliphatic hydroxyl groups is 1. The summed E-state index contributed by atoms with van der Waals surface area (Å²) < 4.78 is 37.8. The molecule has 1 fully saturated rings. The molecule has 0 spiro atoms. The molecule has 7 heteroatoms. The first-order valence-corrected chi connectivity index (χ1v) is 8.02. The summed E-state index contributed by atoms with van der Waals surface area (Å²) in [5, 5.41) is 9.65. The summed E-state index contributed by atoms with van der Waals surface area (Å²) in [6, 6.07) is 0. The second-order valence-corrected chi connectivity index (χ2v) is 6.49. The lowest BCUT2D eigenvalue weighted by atomic mass is 9.75. The largest absolute Gasteiger partial charge is 0.451 e. The lowest BCUT2D eigenvalue weighted by Gasteiger charge is -2.40. The van der Waals surface area contributed by atoms with E-state index in [1.165, 1.54) is 6.20 Å². The number of nitrogens with zero attached hydrogens (tertiary/aromatic N) is 3. The lowest BCUT2D eigenvalue weighted by Crippen LogP contribution is -2.41. The molecule has 0 atom stereocenters. The minimum atomic E-state index is -4.50. The first-order valence-electron chi connectivity index (χ1n) is 8.02. The van der Waals surface area contributed by atoms with Gasteiger partial charge in [-0.3, -0.25) is 4.90 Å². The number of likely N-dealkylation sites (tertiary alicyclic amines) is 1. The SMILES string of the molecule is CCCC1(CO)CCN(Cc2cnc(C(F)(F)F)nc2C)CC1. The van der Waals surface area contributed by atoms with Crippen molar-refractivity contribution in [3.8, 4) is 0 Å². The highest BCUT2D eigenvalue weighted by Crippen LogP contribution is 2.36. The van der Waals surface area contributed by atoms with Crippen LogP contribution in [-0.2, 0) is 12.7 Å². The van der Waals surface area contributed by atoms with Crippen molar-refractivity contribution in [2.75, 3.05) is 19.7 Å². The molecule has 0 aromatic carbocycles. The first-order chi connectivity index (χ1) is 10.8. The van der Waals surface area contributed by atoms with E-state index in [0.717, 1.165) is 44.3 Å². The van der Waals surface area contributed by atoms with Crippen LogP contribution in [0.1, 0.15) is 49.7 Å². The van der Waals surface area contributed by atoms with Crippen molar-refractivity contribution in [2.45, 2.75) is 52.3 Å². The maximum Gasteiger partial charge on any atom is 0.451 e. The number of aromatic nitrogens is 2. The topological polar surface area (TPSA) is 49.2 Å². The van der Waals surface area contributed by atoms with E-state index in [1.807, 2.05) is 0 Å². The summed E-state index contributed by atoms with van der Waals surface area (Å²) in [4.78, 5) is 9.23. The van der Waals surface area contributed by atoms with Gasteiger partial charge in [0.2, 0.25) is 5.82 Å². The molecule has 2 rings (SSSR count). The van der Waals surface area contributed by atoms with Gasteiger partial charge in [0.05, 0.1) is 0 Å². The highest BCUT2D eigenvalue weighted by molar-refractivity contribution is 5.17. The van der Waals surface area contributed by atoms with Crippen molar-refractivity contribution in [2.24, 2.45) is 5.41 Å². The van der Waals surface area contributed by atoms with Gasteiger partial charge in [0, 0.05) is 30.6 Å². The molecule has 130 valence electrons. The van der Waals surface area contributed by atoms with E-state index >= 15 is 0 Å². The van der Waals surface area contributed by atoms with E-state index in [9.17, 15) is 18.3 Å². The second-order valence-electron chi connectivity index (χ2n) is 6.49. The molecule has 0 bridgehead atoms. The van der Waals surface area contributed by atoms with Crippen molar-refractivity contribution < 1.29 is 18.3 Å². The summed E-state index contributed by atoms with van der Waals surface area (Å²) >= 11 is 0. The van der Waals surface area contributed by atoms with Crippen molar-refractivity contribution in [1.82, 2.24) is 14.9 Å². The van der Waals surface area contributed by atoms with Crippen LogP contribution in [0.2, 0.25) is 0 Å². The molecule has 23 heavy (non-hydrogen) atoms. The minimum Gasteiger partial charge on any atom is -0.396 e. The fourth-order valence-corrected chi connectivity index (χ4v) is 3.23. The summed E-state index contributed by atoms with van der Waals surface area (Å²) in [7, 11) is 0. The van der Waals surface area contributed by atoms with Crippen LogP contribution in [0.3, 0.4) is 0 Å². The Labute approximate surface area is 134 Å². The van der Waals surface area contributed by atoms with Crippen molar-refractivity contribution in [3.63, 3.8) is 0 Å². The van der Waals surface area contributed by atoms with Gasteiger partial charge in [0.1, 0.15) is 0 Å². The van der Waals surface area contributed by atoms with Gasteiger partial charge in [0.15, 0.2) is 0 Å². The third-order valence-electron chi connectivity index (χ3n) is 4.76. The zero-order valence-corrected chi connectivity index (χ0v) is 13.7. The van der Waals surface area contributed by atoms with Crippen molar-refractivity contribution in [1.29, 1.82) is 0 Å². The fraction of sp³-hybridized carbons (Fsp3) is 0.750. The van der Waals surface area contributed by atoms with Crippen LogP contribution in [0.4, 0.5) is 13.2 Å². The molecule has 0 saturated carbocycles. The average Bonchev–Trinajstić information content (AvgIpc) is 2.50. The van der Waals surface area contributed by atoms with Crippen molar-refractivity contribution >= 4 is 0 Å². The van der Waals surface area contributed by atoms with Crippen LogP contribution >= 0.6 is 0 Å². The molecule has 1 aliphatic rings. The predicted molar refractivity (Wildman–Crippen MR) is 80.7 cm³/mol. The zero-order chi connectivity index (χ0) is 17.1. The first kappa shape index (κ1) is 18.1. The van der Waals surface area contributed by atoms with Crippen LogP contribution in [0.5, 0.6) is 0 Å². The van der Waals surface area contributed by atoms with Gasteiger partial charge in [0.25, 0.3) is 0 Å². The Morgan fingerprint density at radius 2 is 1.96 bits per heavy atom. The molecule has 0 unspecified atom stereocenters. The van der Waals surface area contributed by atoms with Gasteiger partial charge in [-0.15, -0.1) is 0 Å². The molecule has 1 N–H and O–H groups in total. The number of rotatable bonds is 5. The van der Waals surface area contributed by atoms with Gasteiger partial charge < -0.3 is 5.11 Å². The maximum absolute atomic E-state index is 12.6. The van der Waals surface area contributed by atoms with Gasteiger partial charge in [-0.2, -0.15) is 13.2 Å². The Hall–Kier alpha value is -1.21. The summed E-state index contributed by atoms with van der Waals surface area (Å²) in [6.07, 6.45) is 0.669. The molecule has 1 aromatic heterocycles. The maximum atomic E-state index is 12.6. The second kappa shape index (κ2) is 7.13. The van der Waals surface area contributed by atoms with Crippen molar-refractivity contribution in [3.05, 3.63) is 23.3 Å². The monoisotopic (exact) mass is 331 g/mol. The van der Waals surface area contributed by atoms with Gasteiger partial charge in [-0.25, -0.2) is 9.97 Å². The summed E-state index contributed by atoms with van der Waals surface area (Å²) in [5.41, 5.74) is 1.11. The Morgan fingerprint density at radius 3 is 2.43 bits per heavy atom. The van der Waals surface area contributed by atoms with E-state index in [2.05, 4.69) is 21.8 Å². The summed E-state index contributed by atoms with van der Waals surface area (Å²) in [6.45, 7) is 6.13. The van der Waals surface area contributed by atoms with Crippen LogP contribution in [0.25, 0.3) is 0 Å². The van der Waals surface area contributed by atoms with Gasteiger partial charge >= 0.3 is 6.18 Å². The van der Waals surface area contributed by atoms with E-state index < -0.39 is 12.0 Å². The number of hydrogen-bond acceptors (Lipinski definition) is 4. The van der Waals surface area contributed by atoms with E-state index in [4.69, 9.17) is 0 Å². The number of aryl methyl sites for hydroxylation is 1. The van der Waals surface area contributed by atoms with E-state index in [-0.39, 0.29) is 12.0 Å². The number of alkyl halides is 3. The minimum absolute atomic E-state index is 0.0108. The number of hydrogen-bond donors (Lipinski definition) is 1. The highest BCUT2D eigenvalue weighted by atomic mass is 19.4. The van der Waals surface area contributed by atoms with E-state index in [1.54, 1.807) is 6.92 Å². The highest BCUT2D eigenvalue weighted by Gasteiger charge is 2.35. The molecule has 0 radical (unpaired) electrons. The van der Waals surface area contributed by atoms with E-state index in [0.29, 0.717) is 12.2 Å².